The van der Waals surface area contributed by atoms with Gasteiger partial charge in [-0.3, -0.25) is 9.69 Å². The van der Waals surface area contributed by atoms with Gasteiger partial charge in [0, 0.05) is 16.5 Å². The summed E-state index contributed by atoms with van der Waals surface area (Å²) in [7, 11) is 0. The van der Waals surface area contributed by atoms with E-state index in [1.54, 1.807) is 23.4 Å². The molecule has 1 amide bonds. The summed E-state index contributed by atoms with van der Waals surface area (Å²) in [5.74, 6) is 0.654. The average Bonchev–Trinajstić information content (AvgIpc) is 3.36. The van der Waals surface area contributed by atoms with Gasteiger partial charge in [0.25, 0.3) is 5.91 Å². The zero-order valence-electron chi connectivity index (χ0n) is 14.2. The molecular formula is C19H19Cl2N3O2. The van der Waals surface area contributed by atoms with E-state index in [-0.39, 0.29) is 11.9 Å². The Kier molecular flexibility index (Phi) is 5.02. The van der Waals surface area contributed by atoms with E-state index in [2.05, 4.69) is 10.0 Å². The van der Waals surface area contributed by atoms with Crippen LogP contribution >= 0.6 is 23.2 Å². The zero-order chi connectivity index (χ0) is 18.1. The number of nitrogens with zero attached hydrogens (tertiary/aromatic N) is 3. The molecule has 2 aliphatic rings. The van der Waals surface area contributed by atoms with Crippen molar-refractivity contribution in [2.75, 3.05) is 19.6 Å². The number of hydrazone groups is 1. The summed E-state index contributed by atoms with van der Waals surface area (Å²) in [6, 6.07) is 8.77. The molecule has 4 rings (SSSR count). The van der Waals surface area contributed by atoms with E-state index in [1.807, 2.05) is 18.2 Å². The topological polar surface area (TPSA) is 49.1 Å². The van der Waals surface area contributed by atoms with E-state index in [9.17, 15) is 4.79 Å². The smallest absolute Gasteiger partial charge is 0.257 e. The van der Waals surface area contributed by atoms with Crippen LogP contribution in [0.3, 0.4) is 0 Å². The minimum atomic E-state index is -0.255. The van der Waals surface area contributed by atoms with Gasteiger partial charge in [-0.05, 0) is 55.8 Å². The van der Waals surface area contributed by atoms with Crippen molar-refractivity contribution < 1.29 is 9.21 Å². The molecule has 0 radical (unpaired) electrons. The highest BCUT2D eigenvalue weighted by atomic mass is 35.5. The van der Waals surface area contributed by atoms with Gasteiger partial charge < -0.3 is 4.42 Å². The number of hydrogen-bond acceptors (Lipinski definition) is 4. The molecule has 1 aromatic heterocycles. The van der Waals surface area contributed by atoms with Crippen molar-refractivity contribution in [3.8, 4) is 0 Å². The van der Waals surface area contributed by atoms with Crippen LogP contribution in [0.4, 0.5) is 0 Å². The molecule has 0 aliphatic carbocycles. The first-order valence-electron chi connectivity index (χ1n) is 8.72. The molecule has 0 bridgehead atoms. The lowest BCUT2D eigenvalue weighted by Crippen LogP contribution is -2.37. The third kappa shape index (κ3) is 3.52. The number of rotatable bonds is 4. The molecule has 2 aliphatic heterocycles. The summed E-state index contributed by atoms with van der Waals surface area (Å²) in [4.78, 5) is 15.1. The highest BCUT2D eigenvalue weighted by Crippen LogP contribution is 2.37. The number of likely N-dealkylation sites (tertiary alicyclic amines) is 1. The molecule has 1 atom stereocenters. The summed E-state index contributed by atoms with van der Waals surface area (Å²) < 4.78 is 5.48. The fourth-order valence-electron chi connectivity index (χ4n) is 3.55. The maximum Gasteiger partial charge on any atom is 0.257 e. The first-order valence-corrected chi connectivity index (χ1v) is 9.48. The fraction of sp³-hybridized carbons (Fsp3) is 0.368. The largest absolute Gasteiger partial charge is 0.463 e. The molecule has 0 unspecified atom stereocenters. The Balaban J connectivity index is 1.63. The highest BCUT2D eigenvalue weighted by Gasteiger charge is 2.35. The Morgan fingerprint density at radius 1 is 1.23 bits per heavy atom. The van der Waals surface area contributed by atoms with Gasteiger partial charge in [0.1, 0.15) is 11.5 Å². The third-order valence-electron chi connectivity index (χ3n) is 4.85. The first kappa shape index (κ1) is 17.6. The molecule has 0 spiro atoms. The van der Waals surface area contributed by atoms with Gasteiger partial charge in [-0.15, -0.1) is 0 Å². The van der Waals surface area contributed by atoms with Crippen LogP contribution in [0.2, 0.25) is 10.0 Å². The van der Waals surface area contributed by atoms with E-state index < -0.39 is 0 Å². The predicted molar refractivity (Wildman–Crippen MR) is 102 cm³/mol. The Morgan fingerprint density at radius 2 is 2.04 bits per heavy atom. The summed E-state index contributed by atoms with van der Waals surface area (Å²) in [5.41, 5.74) is 1.59. The minimum Gasteiger partial charge on any atom is -0.463 e. The van der Waals surface area contributed by atoms with Crippen molar-refractivity contribution >= 4 is 34.8 Å². The Bertz CT molecular complexity index is 829. The molecule has 7 heteroatoms. The van der Waals surface area contributed by atoms with Crippen LogP contribution in [-0.2, 0) is 4.79 Å². The molecular weight excluding hydrogens is 373 g/mol. The van der Waals surface area contributed by atoms with Crippen molar-refractivity contribution in [1.82, 2.24) is 9.91 Å². The quantitative estimate of drug-likeness (QED) is 0.777. The van der Waals surface area contributed by atoms with Gasteiger partial charge in [0.15, 0.2) is 0 Å². The van der Waals surface area contributed by atoms with E-state index in [1.165, 1.54) is 0 Å². The lowest BCUT2D eigenvalue weighted by molar-refractivity contribution is -0.134. The van der Waals surface area contributed by atoms with Crippen LogP contribution in [0.1, 0.15) is 36.6 Å². The summed E-state index contributed by atoms with van der Waals surface area (Å²) >= 11 is 12.4. The number of furan rings is 1. The number of benzene rings is 1. The summed E-state index contributed by atoms with van der Waals surface area (Å²) in [6.07, 6.45) is 4.44. The van der Waals surface area contributed by atoms with Crippen molar-refractivity contribution in [3.63, 3.8) is 0 Å². The normalized spacial score (nSPS) is 20.6. The number of carbonyl (C=O) groups excluding carboxylic acids is 1. The number of halogens is 2. The summed E-state index contributed by atoms with van der Waals surface area (Å²) in [6.45, 7) is 2.29. The Morgan fingerprint density at radius 3 is 2.73 bits per heavy atom. The van der Waals surface area contributed by atoms with Gasteiger partial charge in [-0.2, -0.15) is 5.10 Å². The lowest BCUT2D eigenvalue weighted by atomic mass is 10.0. The Hall–Kier alpha value is -1.82. The average molecular weight is 392 g/mol. The minimum absolute atomic E-state index is 0.0236. The monoisotopic (exact) mass is 391 g/mol. The van der Waals surface area contributed by atoms with E-state index in [0.29, 0.717) is 28.8 Å². The molecule has 2 aromatic rings. The molecule has 1 fully saturated rings. The third-order valence-corrected chi connectivity index (χ3v) is 5.41. The van der Waals surface area contributed by atoms with Crippen molar-refractivity contribution in [3.05, 3.63) is 58.0 Å². The van der Waals surface area contributed by atoms with Crippen LogP contribution in [0.5, 0.6) is 0 Å². The van der Waals surface area contributed by atoms with Gasteiger partial charge in [0.05, 0.1) is 18.8 Å². The molecule has 0 saturated carbocycles. The number of carbonyl (C=O) groups is 1. The number of amides is 1. The van der Waals surface area contributed by atoms with Crippen LogP contribution in [-0.4, -0.2) is 41.2 Å². The van der Waals surface area contributed by atoms with E-state index in [0.717, 1.165) is 37.2 Å². The van der Waals surface area contributed by atoms with Crippen molar-refractivity contribution in [2.45, 2.75) is 25.3 Å². The fourth-order valence-corrected chi connectivity index (χ4v) is 4.08. The zero-order valence-corrected chi connectivity index (χ0v) is 15.7. The second-order valence-corrected chi connectivity index (χ2v) is 7.47. The maximum atomic E-state index is 13.0. The second kappa shape index (κ2) is 7.43. The molecule has 5 nitrogen and oxygen atoms in total. The summed E-state index contributed by atoms with van der Waals surface area (Å²) in [5, 5.41) is 7.25. The van der Waals surface area contributed by atoms with E-state index >= 15 is 0 Å². The molecule has 1 aromatic carbocycles. The lowest BCUT2D eigenvalue weighted by Gasteiger charge is -2.25. The molecule has 3 heterocycles. The van der Waals surface area contributed by atoms with Gasteiger partial charge in [-0.25, -0.2) is 5.01 Å². The van der Waals surface area contributed by atoms with Gasteiger partial charge in [-0.1, -0.05) is 29.3 Å². The van der Waals surface area contributed by atoms with Crippen LogP contribution in [0.25, 0.3) is 0 Å². The van der Waals surface area contributed by atoms with Gasteiger partial charge >= 0.3 is 0 Å². The van der Waals surface area contributed by atoms with Crippen LogP contribution in [0.15, 0.2) is 46.1 Å². The molecule has 136 valence electrons. The van der Waals surface area contributed by atoms with Crippen molar-refractivity contribution in [1.29, 1.82) is 0 Å². The molecule has 1 saturated heterocycles. The second-order valence-electron chi connectivity index (χ2n) is 6.63. The van der Waals surface area contributed by atoms with Crippen LogP contribution < -0.4 is 0 Å². The maximum absolute atomic E-state index is 13.0. The first-order chi connectivity index (χ1) is 12.6. The van der Waals surface area contributed by atoms with Crippen molar-refractivity contribution in [2.24, 2.45) is 5.10 Å². The highest BCUT2D eigenvalue weighted by molar-refractivity contribution is 6.35. The van der Waals surface area contributed by atoms with Gasteiger partial charge in [0.2, 0.25) is 0 Å². The van der Waals surface area contributed by atoms with Crippen LogP contribution in [0, 0.1) is 0 Å². The standard InChI is InChI=1S/C19H19Cl2N3O2/c20-13-5-6-14(15(21)10-13)17-11-16(18-4-3-9-26-18)22-24(17)19(25)12-23-7-1-2-8-23/h3-6,9-10,17H,1-2,7-8,11-12H2/t17-/m0/s1. The van der Waals surface area contributed by atoms with E-state index in [4.69, 9.17) is 27.6 Å². The molecule has 0 N–H and O–H groups in total. The molecule has 26 heavy (non-hydrogen) atoms. The SMILES string of the molecule is O=C(CN1CCCC1)N1N=C(c2ccco2)C[C@H]1c1ccc(Cl)cc1Cl. The number of hydrogen-bond donors (Lipinski definition) is 0. The predicted octanol–water partition coefficient (Wildman–Crippen LogP) is 4.36. The Labute approximate surface area is 162 Å².